The Morgan fingerprint density at radius 1 is 0.841 bits per heavy atom. The summed E-state index contributed by atoms with van der Waals surface area (Å²) in [6.07, 6.45) is 0.217. The van der Waals surface area contributed by atoms with Crippen LogP contribution in [0, 0.1) is 0 Å². The molecule has 0 radical (unpaired) electrons. The van der Waals surface area contributed by atoms with Crippen LogP contribution in [-0.2, 0) is 32.6 Å². The summed E-state index contributed by atoms with van der Waals surface area (Å²) in [5, 5.41) is 3.66. The molecule has 0 unspecified atom stereocenters. The van der Waals surface area contributed by atoms with Gasteiger partial charge in [-0.3, -0.25) is 13.9 Å². The molecular weight excluding hydrogens is 621 g/mol. The summed E-state index contributed by atoms with van der Waals surface area (Å²) in [6.45, 7) is 1.60. The number of carbonyl (C=O) groups excluding carboxylic acids is 2. The molecule has 1 N–H and O–H groups in total. The van der Waals surface area contributed by atoms with E-state index in [2.05, 4.69) is 5.32 Å². The van der Waals surface area contributed by atoms with E-state index in [4.69, 9.17) is 27.9 Å². The molecule has 0 bridgehead atoms. The molecule has 1 atom stereocenters. The molecule has 0 spiro atoms. The maximum Gasteiger partial charge on any atom is 0.264 e. The van der Waals surface area contributed by atoms with Crippen LogP contribution in [0.1, 0.15) is 18.1 Å². The first-order chi connectivity index (χ1) is 21.1. The average Bonchev–Trinajstić information content (AvgIpc) is 3.02. The topological polar surface area (TPSA) is 96.0 Å². The van der Waals surface area contributed by atoms with Gasteiger partial charge in [-0.25, -0.2) is 8.42 Å². The van der Waals surface area contributed by atoms with Crippen LogP contribution in [0.15, 0.2) is 108 Å². The van der Waals surface area contributed by atoms with Crippen molar-refractivity contribution < 1.29 is 22.7 Å². The van der Waals surface area contributed by atoms with E-state index in [1.165, 1.54) is 42.3 Å². The fourth-order valence-corrected chi connectivity index (χ4v) is 6.38. The maximum absolute atomic E-state index is 14.4. The van der Waals surface area contributed by atoms with Crippen LogP contribution in [0.2, 0.25) is 10.0 Å². The van der Waals surface area contributed by atoms with E-state index >= 15 is 0 Å². The van der Waals surface area contributed by atoms with Crippen molar-refractivity contribution in [1.29, 1.82) is 0 Å². The largest absolute Gasteiger partial charge is 0.497 e. The number of likely N-dealkylation sites (N-methyl/N-ethyl adjacent to an activating group) is 1. The Bertz CT molecular complexity index is 1670. The molecule has 4 rings (SSSR count). The minimum Gasteiger partial charge on any atom is -0.497 e. The lowest BCUT2D eigenvalue weighted by atomic mass is 10.0. The Morgan fingerprint density at radius 2 is 1.52 bits per heavy atom. The van der Waals surface area contributed by atoms with E-state index in [0.717, 1.165) is 15.4 Å². The molecule has 230 valence electrons. The van der Waals surface area contributed by atoms with Gasteiger partial charge in [-0.2, -0.15) is 0 Å². The third kappa shape index (κ3) is 8.31. The number of methoxy groups -OCH3 is 1. The quantitative estimate of drug-likeness (QED) is 0.192. The highest BCUT2D eigenvalue weighted by Gasteiger charge is 2.34. The van der Waals surface area contributed by atoms with Crippen LogP contribution in [0.25, 0.3) is 0 Å². The number of nitrogens with one attached hydrogen (secondary N) is 1. The minimum atomic E-state index is -4.26. The van der Waals surface area contributed by atoms with Gasteiger partial charge in [0.25, 0.3) is 10.0 Å². The smallest absolute Gasteiger partial charge is 0.264 e. The molecule has 11 heteroatoms. The molecule has 0 aliphatic rings. The highest BCUT2D eigenvalue weighted by molar-refractivity contribution is 7.92. The van der Waals surface area contributed by atoms with E-state index in [0.29, 0.717) is 22.3 Å². The van der Waals surface area contributed by atoms with E-state index in [1.807, 2.05) is 30.3 Å². The monoisotopic (exact) mass is 653 g/mol. The summed E-state index contributed by atoms with van der Waals surface area (Å²) in [4.78, 5) is 29.3. The van der Waals surface area contributed by atoms with E-state index in [1.54, 1.807) is 49.4 Å². The lowest BCUT2D eigenvalue weighted by Gasteiger charge is -2.34. The molecular formula is C33H33Cl2N3O5S. The molecule has 0 aliphatic carbocycles. The van der Waals surface area contributed by atoms with Gasteiger partial charge in [-0.05, 0) is 72.6 Å². The second-order valence-electron chi connectivity index (χ2n) is 9.92. The summed E-state index contributed by atoms with van der Waals surface area (Å²) in [6, 6.07) is 27.5. The number of hydrogen-bond donors (Lipinski definition) is 1. The number of sulfonamides is 1. The lowest BCUT2D eigenvalue weighted by Crippen LogP contribution is -2.53. The van der Waals surface area contributed by atoms with Gasteiger partial charge in [0.1, 0.15) is 18.3 Å². The minimum absolute atomic E-state index is 0.0383. The van der Waals surface area contributed by atoms with Crippen LogP contribution >= 0.6 is 23.2 Å². The predicted molar refractivity (Wildman–Crippen MR) is 174 cm³/mol. The highest BCUT2D eigenvalue weighted by Crippen LogP contribution is 2.28. The number of carbonyl (C=O) groups is 2. The van der Waals surface area contributed by atoms with Crippen LogP contribution in [0.3, 0.4) is 0 Å². The summed E-state index contributed by atoms with van der Waals surface area (Å²) >= 11 is 12.4. The van der Waals surface area contributed by atoms with Crippen molar-refractivity contribution in [3.8, 4) is 5.75 Å². The Kier molecular flexibility index (Phi) is 11.3. The first-order valence-electron chi connectivity index (χ1n) is 13.9. The fourth-order valence-electron chi connectivity index (χ4n) is 4.67. The first kappa shape index (κ1) is 32.9. The van der Waals surface area contributed by atoms with Gasteiger partial charge in [0.15, 0.2) is 0 Å². The number of halogens is 2. The number of anilines is 1. The molecule has 0 aliphatic heterocycles. The van der Waals surface area contributed by atoms with Crippen molar-refractivity contribution in [2.45, 2.75) is 30.8 Å². The SMILES string of the molecule is CCNC(=O)[C@H](Cc1ccccc1)N(Cc1ccc(Cl)cc1)C(=O)CN(c1cccc(Cl)c1)S(=O)(=O)c1ccc(OC)cc1. The molecule has 0 heterocycles. The molecule has 44 heavy (non-hydrogen) atoms. The number of hydrogen-bond acceptors (Lipinski definition) is 5. The Morgan fingerprint density at radius 3 is 2.14 bits per heavy atom. The average molecular weight is 655 g/mol. The zero-order valence-corrected chi connectivity index (χ0v) is 26.6. The number of benzene rings is 4. The number of ether oxygens (including phenoxy) is 1. The Hall–Kier alpha value is -4.05. The standard InChI is InChI=1S/C33H33Cl2N3O5S/c1-3-36-33(40)31(20-24-8-5-4-6-9-24)37(22-25-12-14-26(34)15-13-25)32(39)23-38(28-11-7-10-27(35)21-28)44(41,42)30-18-16-29(43-2)17-19-30/h4-19,21,31H,3,20,22-23H2,1-2H3,(H,36,40)/t31-/m0/s1. The van der Waals surface area contributed by atoms with Gasteiger partial charge in [0.05, 0.1) is 17.7 Å². The number of amides is 2. The Balaban J connectivity index is 1.79. The maximum atomic E-state index is 14.4. The lowest BCUT2D eigenvalue weighted by molar-refractivity contribution is -0.140. The van der Waals surface area contributed by atoms with E-state index in [-0.39, 0.29) is 29.5 Å². The molecule has 2 amide bonds. The van der Waals surface area contributed by atoms with Gasteiger partial charge in [-0.1, -0.05) is 71.7 Å². The normalized spacial score (nSPS) is 11.8. The predicted octanol–water partition coefficient (Wildman–Crippen LogP) is 5.97. The third-order valence-electron chi connectivity index (χ3n) is 6.91. The zero-order chi connectivity index (χ0) is 31.7. The van der Waals surface area contributed by atoms with Crippen LogP contribution in [0.4, 0.5) is 5.69 Å². The molecule has 4 aromatic rings. The van der Waals surface area contributed by atoms with Gasteiger partial charge < -0.3 is 15.0 Å². The summed E-state index contributed by atoms with van der Waals surface area (Å²) in [5.41, 5.74) is 1.76. The van der Waals surface area contributed by atoms with Crippen molar-refractivity contribution in [2.75, 3.05) is 24.5 Å². The van der Waals surface area contributed by atoms with E-state index in [9.17, 15) is 18.0 Å². The second kappa shape index (κ2) is 15.1. The van der Waals surface area contributed by atoms with Gasteiger partial charge in [0, 0.05) is 29.6 Å². The summed E-state index contributed by atoms with van der Waals surface area (Å²) < 4.78 is 34.3. The molecule has 0 fully saturated rings. The Labute approximate surface area is 268 Å². The van der Waals surface area contributed by atoms with Crippen molar-refractivity contribution in [3.63, 3.8) is 0 Å². The van der Waals surface area contributed by atoms with Gasteiger partial charge in [-0.15, -0.1) is 0 Å². The van der Waals surface area contributed by atoms with Crippen LogP contribution in [0.5, 0.6) is 5.75 Å². The summed E-state index contributed by atoms with van der Waals surface area (Å²) in [5.74, 6) is -0.454. The van der Waals surface area contributed by atoms with E-state index < -0.39 is 28.5 Å². The second-order valence-corrected chi connectivity index (χ2v) is 12.7. The van der Waals surface area contributed by atoms with Gasteiger partial charge in [0.2, 0.25) is 11.8 Å². The van der Waals surface area contributed by atoms with Crippen LogP contribution < -0.4 is 14.4 Å². The number of nitrogens with zero attached hydrogens (tertiary/aromatic N) is 2. The zero-order valence-electron chi connectivity index (χ0n) is 24.3. The first-order valence-corrected chi connectivity index (χ1v) is 16.1. The van der Waals surface area contributed by atoms with Crippen molar-refractivity contribution in [2.24, 2.45) is 0 Å². The van der Waals surface area contributed by atoms with Crippen molar-refractivity contribution in [3.05, 3.63) is 124 Å². The van der Waals surface area contributed by atoms with Crippen molar-refractivity contribution >= 4 is 50.7 Å². The fraction of sp³-hybridized carbons (Fsp3) is 0.212. The van der Waals surface area contributed by atoms with Crippen molar-refractivity contribution in [1.82, 2.24) is 10.2 Å². The van der Waals surface area contributed by atoms with Gasteiger partial charge >= 0.3 is 0 Å². The number of rotatable bonds is 13. The summed E-state index contributed by atoms with van der Waals surface area (Å²) in [7, 11) is -2.78. The molecule has 0 saturated heterocycles. The third-order valence-corrected chi connectivity index (χ3v) is 9.19. The molecule has 0 aromatic heterocycles. The van der Waals surface area contributed by atoms with Crippen LogP contribution in [-0.4, -0.2) is 51.4 Å². The molecule has 0 saturated carbocycles. The molecule has 8 nitrogen and oxygen atoms in total. The molecule has 4 aromatic carbocycles. The highest BCUT2D eigenvalue weighted by atomic mass is 35.5.